The lowest BCUT2D eigenvalue weighted by Gasteiger charge is -2.16. The van der Waals surface area contributed by atoms with E-state index in [2.05, 4.69) is 116 Å². The fourth-order valence-corrected chi connectivity index (χ4v) is 4.66. The minimum absolute atomic E-state index is 0.195. The number of rotatable bonds is 7. The van der Waals surface area contributed by atoms with E-state index in [-0.39, 0.29) is 5.92 Å². The van der Waals surface area contributed by atoms with E-state index in [1.807, 2.05) is 18.2 Å². The van der Waals surface area contributed by atoms with Gasteiger partial charge in [-0.2, -0.15) is 0 Å². The van der Waals surface area contributed by atoms with Crippen LogP contribution in [-0.4, -0.2) is 9.55 Å². The fraction of sp³-hybridized carbons (Fsp3) is 0.0938. The number of fused-ring (bicyclic) bond motifs is 1. The molecular formula is C32H28N2. The molecule has 0 radical (unpaired) electrons. The molecule has 34 heavy (non-hydrogen) atoms. The number of para-hydroxylation sites is 1. The molecule has 5 rings (SSSR count). The Morgan fingerprint density at radius 2 is 1.50 bits per heavy atom. The monoisotopic (exact) mass is 440 g/mol. The molecule has 2 heterocycles. The molecule has 3 aromatic carbocycles. The van der Waals surface area contributed by atoms with E-state index in [9.17, 15) is 0 Å². The van der Waals surface area contributed by atoms with Crippen LogP contribution in [0.15, 0.2) is 122 Å². The lowest BCUT2D eigenvalue weighted by Crippen LogP contribution is -1.99. The van der Waals surface area contributed by atoms with Crippen LogP contribution in [0.5, 0.6) is 0 Å². The highest BCUT2D eigenvalue weighted by Crippen LogP contribution is 2.32. The van der Waals surface area contributed by atoms with E-state index in [4.69, 9.17) is 4.98 Å². The Kier molecular flexibility index (Phi) is 5.97. The first-order valence-electron chi connectivity index (χ1n) is 11.7. The van der Waals surface area contributed by atoms with Crippen molar-refractivity contribution in [3.05, 3.63) is 134 Å². The predicted octanol–water partition coefficient (Wildman–Crippen LogP) is 8.51. The maximum absolute atomic E-state index is 5.09. The van der Waals surface area contributed by atoms with Crippen LogP contribution in [-0.2, 0) is 0 Å². The maximum atomic E-state index is 5.09. The molecule has 0 bridgehead atoms. The van der Waals surface area contributed by atoms with Crippen molar-refractivity contribution >= 4 is 10.9 Å². The number of hydrogen-bond acceptors (Lipinski definition) is 1. The Hall–Kier alpha value is -4.17. The van der Waals surface area contributed by atoms with Crippen molar-refractivity contribution in [3.8, 4) is 28.2 Å². The minimum Gasteiger partial charge on any atom is -0.314 e. The molecule has 2 heteroatoms. The van der Waals surface area contributed by atoms with Gasteiger partial charge in [0.2, 0.25) is 0 Å². The third kappa shape index (κ3) is 4.11. The number of benzene rings is 3. The third-order valence-corrected chi connectivity index (χ3v) is 6.35. The Bertz CT molecular complexity index is 1470. The van der Waals surface area contributed by atoms with Crippen LogP contribution in [0.4, 0.5) is 0 Å². The summed E-state index contributed by atoms with van der Waals surface area (Å²) in [6, 6.07) is 34.1. The van der Waals surface area contributed by atoms with E-state index in [1.54, 1.807) is 0 Å². The molecule has 166 valence electrons. The van der Waals surface area contributed by atoms with Crippen LogP contribution < -0.4 is 0 Å². The summed E-state index contributed by atoms with van der Waals surface area (Å²) in [5, 5.41) is 1.25. The van der Waals surface area contributed by atoms with E-state index in [0.717, 1.165) is 34.6 Å². The van der Waals surface area contributed by atoms with Gasteiger partial charge >= 0.3 is 0 Å². The average molecular weight is 441 g/mol. The molecule has 1 atom stereocenters. The first-order chi connectivity index (χ1) is 16.7. The molecular weight excluding hydrogens is 412 g/mol. The van der Waals surface area contributed by atoms with E-state index < -0.39 is 0 Å². The van der Waals surface area contributed by atoms with Crippen molar-refractivity contribution < 1.29 is 0 Å². The molecule has 0 spiro atoms. The second-order valence-corrected chi connectivity index (χ2v) is 8.63. The van der Waals surface area contributed by atoms with Gasteiger partial charge in [-0.1, -0.05) is 72.8 Å². The van der Waals surface area contributed by atoms with Gasteiger partial charge in [-0.25, -0.2) is 4.98 Å². The summed E-state index contributed by atoms with van der Waals surface area (Å²) in [5.74, 6) is 0.195. The normalized spacial score (nSPS) is 11.9. The molecule has 0 N–H and O–H groups in total. The summed E-state index contributed by atoms with van der Waals surface area (Å²) in [5.41, 5.74) is 8.89. The van der Waals surface area contributed by atoms with Crippen molar-refractivity contribution in [2.24, 2.45) is 0 Å². The number of aromatic nitrogens is 2. The number of aryl methyl sites for hydroxylation is 1. The first kappa shape index (κ1) is 21.7. The van der Waals surface area contributed by atoms with Crippen molar-refractivity contribution in [3.63, 3.8) is 0 Å². The molecule has 1 unspecified atom stereocenters. The summed E-state index contributed by atoms with van der Waals surface area (Å²) in [4.78, 5) is 5.09. The van der Waals surface area contributed by atoms with Crippen LogP contribution in [0, 0.1) is 6.92 Å². The fourth-order valence-electron chi connectivity index (χ4n) is 4.66. The second-order valence-electron chi connectivity index (χ2n) is 8.63. The molecule has 5 aromatic rings. The Morgan fingerprint density at radius 3 is 2.26 bits per heavy atom. The Balaban J connectivity index is 1.67. The van der Waals surface area contributed by atoms with Gasteiger partial charge < -0.3 is 4.57 Å². The van der Waals surface area contributed by atoms with Crippen LogP contribution in [0.1, 0.15) is 23.6 Å². The van der Waals surface area contributed by atoms with Gasteiger partial charge in [0, 0.05) is 33.8 Å². The summed E-state index contributed by atoms with van der Waals surface area (Å²) < 4.78 is 2.31. The van der Waals surface area contributed by atoms with Crippen molar-refractivity contribution in [1.82, 2.24) is 9.55 Å². The highest BCUT2D eigenvalue weighted by atomic mass is 15.0. The van der Waals surface area contributed by atoms with Crippen molar-refractivity contribution in [2.75, 3.05) is 0 Å². The van der Waals surface area contributed by atoms with Crippen LogP contribution in [0.2, 0.25) is 0 Å². The summed E-state index contributed by atoms with van der Waals surface area (Å²) >= 11 is 0. The molecule has 2 aromatic heterocycles. The van der Waals surface area contributed by atoms with Gasteiger partial charge in [0.05, 0.1) is 16.9 Å². The SMILES string of the molecule is C=CCC(C=C)c1cc(-c2ccccc2)nc(-c2cccc(-n3c(C)cc4ccccc43)c2)c1. The van der Waals surface area contributed by atoms with Gasteiger partial charge in [-0.3, -0.25) is 0 Å². The van der Waals surface area contributed by atoms with Crippen LogP contribution in [0.25, 0.3) is 39.1 Å². The number of allylic oxidation sites excluding steroid dienone is 2. The Morgan fingerprint density at radius 1 is 0.794 bits per heavy atom. The van der Waals surface area contributed by atoms with E-state index >= 15 is 0 Å². The van der Waals surface area contributed by atoms with E-state index in [0.29, 0.717) is 0 Å². The largest absolute Gasteiger partial charge is 0.314 e. The zero-order valence-electron chi connectivity index (χ0n) is 19.5. The highest BCUT2D eigenvalue weighted by molar-refractivity contribution is 5.83. The van der Waals surface area contributed by atoms with Gasteiger partial charge in [-0.15, -0.1) is 13.2 Å². The van der Waals surface area contributed by atoms with Gasteiger partial charge in [0.25, 0.3) is 0 Å². The minimum atomic E-state index is 0.195. The molecule has 0 aliphatic rings. The maximum Gasteiger partial charge on any atom is 0.0713 e. The summed E-state index contributed by atoms with van der Waals surface area (Å²) in [6.07, 6.45) is 4.80. The zero-order valence-corrected chi connectivity index (χ0v) is 19.5. The zero-order chi connectivity index (χ0) is 23.5. The molecule has 0 fully saturated rings. The molecule has 0 amide bonds. The second kappa shape index (κ2) is 9.36. The third-order valence-electron chi connectivity index (χ3n) is 6.35. The average Bonchev–Trinajstić information content (AvgIpc) is 3.23. The Labute approximate surface area is 201 Å². The number of hydrogen-bond donors (Lipinski definition) is 0. The predicted molar refractivity (Wildman–Crippen MR) is 144 cm³/mol. The van der Waals surface area contributed by atoms with Crippen LogP contribution >= 0.6 is 0 Å². The van der Waals surface area contributed by atoms with Gasteiger partial charge in [-0.05, 0) is 55.3 Å². The molecule has 2 nitrogen and oxygen atoms in total. The lowest BCUT2D eigenvalue weighted by atomic mass is 9.93. The number of pyridine rings is 1. The first-order valence-corrected chi connectivity index (χ1v) is 11.7. The highest BCUT2D eigenvalue weighted by Gasteiger charge is 2.14. The quantitative estimate of drug-likeness (QED) is 0.232. The van der Waals surface area contributed by atoms with E-state index in [1.165, 1.54) is 22.2 Å². The molecule has 0 saturated heterocycles. The van der Waals surface area contributed by atoms with Crippen LogP contribution in [0.3, 0.4) is 0 Å². The van der Waals surface area contributed by atoms with Crippen molar-refractivity contribution in [2.45, 2.75) is 19.3 Å². The van der Waals surface area contributed by atoms with Gasteiger partial charge in [0.1, 0.15) is 0 Å². The number of nitrogens with zero attached hydrogens (tertiary/aromatic N) is 2. The molecule has 0 saturated carbocycles. The topological polar surface area (TPSA) is 17.8 Å². The standard InChI is InChI=1S/C32H28N2/c1-4-12-24(5-2)28-21-30(25-13-7-6-8-14-25)33-31(22-28)26-16-11-17-29(20-26)34-23(3)19-27-15-9-10-18-32(27)34/h4-11,13-22,24H,1-2,12H2,3H3. The summed E-state index contributed by atoms with van der Waals surface area (Å²) in [6.45, 7) is 10.2. The molecule has 0 aliphatic heterocycles. The lowest BCUT2D eigenvalue weighted by molar-refractivity contribution is 0.865. The smallest absolute Gasteiger partial charge is 0.0713 e. The summed E-state index contributed by atoms with van der Waals surface area (Å²) in [7, 11) is 0. The van der Waals surface area contributed by atoms with Gasteiger partial charge in [0.15, 0.2) is 0 Å². The van der Waals surface area contributed by atoms with Crippen molar-refractivity contribution in [1.29, 1.82) is 0 Å². The molecule has 0 aliphatic carbocycles.